The molecule has 1 aromatic heterocycles. The molecule has 4 N–H and O–H groups in total. The van der Waals surface area contributed by atoms with E-state index in [2.05, 4.69) is 33.1 Å². The molecule has 156 valence electrons. The van der Waals surface area contributed by atoms with Gasteiger partial charge in [-0.1, -0.05) is 6.07 Å². The first kappa shape index (κ1) is 19.0. The van der Waals surface area contributed by atoms with Crippen LogP contribution in [0.25, 0.3) is 10.9 Å². The van der Waals surface area contributed by atoms with E-state index in [1.807, 2.05) is 26.0 Å². The van der Waals surface area contributed by atoms with E-state index in [0.717, 1.165) is 53.3 Å². The minimum absolute atomic E-state index is 0.205. The zero-order chi connectivity index (χ0) is 20.8. The topological polar surface area (TPSA) is 87.4 Å². The predicted molar refractivity (Wildman–Crippen MR) is 118 cm³/mol. The Labute approximate surface area is 175 Å². The molecule has 0 saturated heterocycles. The van der Waals surface area contributed by atoms with Crippen molar-refractivity contribution in [3.8, 4) is 0 Å². The second-order valence-corrected chi connectivity index (χ2v) is 8.08. The van der Waals surface area contributed by atoms with Gasteiger partial charge in [0.1, 0.15) is 0 Å². The second kappa shape index (κ2) is 7.34. The highest BCUT2D eigenvalue weighted by Crippen LogP contribution is 2.46. The number of esters is 1. The largest absolute Gasteiger partial charge is 0.459 e. The molecular formula is C23H26N4O3. The molecule has 2 aliphatic rings. The standard InChI is InChI=1S/C23H26N4O3/c1-12(2)30-23(28)19-13(11-29-3)4-5-16-21(19)27-22-17(26-16)7-6-15-20(22)14-8-9-24-10-18(14)25-15/h4-7,12,24-27H,8-11H2,1-3H3. The van der Waals surface area contributed by atoms with E-state index in [1.54, 1.807) is 7.11 Å². The first-order valence-electron chi connectivity index (χ1n) is 10.3. The minimum atomic E-state index is -0.348. The molecule has 0 bridgehead atoms. The van der Waals surface area contributed by atoms with Crippen molar-refractivity contribution in [2.24, 2.45) is 0 Å². The van der Waals surface area contributed by atoms with Crippen molar-refractivity contribution in [2.75, 3.05) is 24.3 Å². The molecule has 2 aliphatic heterocycles. The Kier molecular flexibility index (Phi) is 4.64. The molecule has 0 saturated carbocycles. The van der Waals surface area contributed by atoms with Crippen LogP contribution < -0.4 is 16.0 Å². The third kappa shape index (κ3) is 3.02. The second-order valence-electron chi connectivity index (χ2n) is 8.08. The number of anilines is 4. The van der Waals surface area contributed by atoms with Gasteiger partial charge in [-0.15, -0.1) is 0 Å². The maximum atomic E-state index is 13.0. The number of hydrogen-bond acceptors (Lipinski definition) is 6. The van der Waals surface area contributed by atoms with Gasteiger partial charge >= 0.3 is 5.97 Å². The summed E-state index contributed by atoms with van der Waals surface area (Å²) in [6, 6.07) is 8.07. The van der Waals surface area contributed by atoms with Crippen LogP contribution in [-0.2, 0) is 29.0 Å². The summed E-state index contributed by atoms with van der Waals surface area (Å²) in [5.41, 5.74) is 8.55. The smallest absolute Gasteiger partial charge is 0.340 e. The van der Waals surface area contributed by atoms with E-state index in [9.17, 15) is 4.79 Å². The van der Waals surface area contributed by atoms with Gasteiger partial charge in [0.15, 0.2) is 0 Å². The zero-order valence-electron chi connectivity index (χ0n) is 17.4. The number of carbonyl (C=O) groups is 1. The number of hydrogen-bond donors (Lipinski definition) is 4. The number of fused-ring (bicyclic) bond motifs is 6. The number of carbonyl (C=O) groups excluding carboxylic acids is 1. The van der Waals surface area contributed by atoms with E-state index < -0.39 is 0 Å². The monoisotopic (exact) mass is 406 g/mol. The molecule has 7 heteroatoms. The molecule has 2 aromatic carbocycles. The quantitative estimate of drug-likeness (QED) is 0.378. The first-order valence-corrected chi connectivity index (χ1v) is 10.3. The van der Waals surface area contributed by atoms with Gasteiger partial charge in [-0.25, -0.2) is 4.79 Å². The molecule has 5 rings (SSSR count). The highest BCUT2D eigenvalue weighted by molar-refractivity contribution is 6.11. The van der Waals surface area contributed by atoms with Gasteiger partial charge in [-0.2, -0.15) is 0 Å². The predicted octanol–water partition coefficient (Wildman–Crippen LogP) is 4.33. The molecule has 0 aliphatic carbocycles. The van der Waals surface area contributed by atoms with Gasteiger partial charge in [0.25, 0.3) is 0 Å². The Hall–Kier alpha value is -3.03. The maximum Gasteiger partial charge on any atom is 0.340 e. The average Bonchev–Trinajstić information content (AvgIpc) is 3.11. The summed E-state index contributed by atoms with van der Waals surface area (Å²) in [6.45, 7) is 5.84. The third-order valence-electron chi connectivity index (χ3n) is 5.67. The summed E-state index contributed by atoms with van der Waals surface area (Å²) >= 11 is 0. The fourth-order valence-electron chi connectivity index (χ4n) is 4.43. The Balaban J connectivity index is 1.67. The van der Waals surface area contributed by atoms with Crippen LogP contribution in [0.1, 0.15) is 41.0 Å². The molecule has 3 heterocycles. The van der Waals surface area contributed by atoms with Crippen molar-refractivity contribution in [1.82, 2.24) is 10.3 Å². The summed E-state index contributed by atoms with van der Waals surface area (Å²) < 4.78 is 10.9. The van der Waals surface area contributed by atoms with Crippen molar-refractivity contribution in [3.05, 3.63) is 46.6 Å². The van der Waals surface area contributed by atoms with Crippen LogP contribution in [0, 0.1) is 0 Å². The molecule has 0 amide bonds. The lowest BCUT2D eigenvalue weighted by atomic mass is 9.98. The maximum absolute atomic E-state index is 13.0. The summed E-state index contributed by atoms with van der Waals surface area (Å²) in [4.78, 5) is 16.6. The van der Waals surface area contributed by atoms with Crippen LogP contribution in [0.15, 0.2) is 24.3 Å². The number of H-pyrrole nitrogens is 1. The van der Waals surface area contributed by atoms with Gasteiger partial charge in [-0.05, 0) is 56.1 Å². The number of rotatable bonds is 4. The molecule has 0 spiro atoms. The summed E-state index contributed by atoms with van der Waals surface area (Å²) in [5.74, 6) is -0.348. The van der Waals surface area contributed by atoms with Crippen LogP contribution in [0.5, 0.6) is 0 Å². The number of benzene rings is 2. The molecule has 0 fully saturated rings. The third-order valence-corrected chi connectivity index (χ3v) is 5.67. The molecule has 0 atom stereocenters. The van der Waals surface area contributed by atoms with Crippen molar-refractivity contribution in [3.63, 3.8) is 0 Å². The van der Waals surface area contributed by atoms with Crippen molar-refractivity contribution < 1.29 is 14.3 Å². The highest BCUT2D eigenvalue weighted by atomic mass is 16.5. The molecule has 7 nitrogen and oxygen atoms in total. The van der Waals surface area contributed by atoms with Crippen molar-refractivity contribution >= 4 is 39.6 Å². The van der Waals surface area contributed by atoms with Crippen molar-refractivity contribution in [1.29, 1.82) is 0 Å². The Morgan fingerprint density at radius 1 is 1.10 bits per heavy atom. The molecular weight excluding hydrogens is 380 g/mol. The number of aromatic amines is 1. The van der Waals surface area contributed by atoms with E-state index in [-0.39, 0.29) is 12.1 Å². The van der Waals surface area contributed by atoms with Crippen LogP contribution in [-0.4, -0.2) is 30.7 Å². The lowest BCUT2D eigenvalue weighted by molar-refractivity contribution is 0.0375. The molecule has 3 aromatic rings. The summed E-state index contributed by atoms with van der Waals surface area (Å²) in [6.07, 6.45) is 0.759. The molecule has 0 unspecified atom stereocenters. The lowest BCUT2D eigenvalue weighted by Crippen LogP contribution is -2.23. The van der Waals surface area contributed by atoms with E-state index in [1.165, 1.54) is 16.6 Å². The average molecular weight is 406 g/mol. The van der Waals surface area contributed by atoms with Gasteiger partial charge in [0.2, 0.25) is 0 Å². The van der Waals surface area contributed by atoms with E-state index >= 15 is 0 Å². The van der Waals surface area contributed by atoms with Crippen LogP contribution >= 0.6 is 0 Å². The molecule has 0 radical (unpaired) electrons. The van der Waals surface area contributed by atoms with Gasteiger partial charge in [0.05, 0.1) is 41.0 Å². The minimum Gasteiger partial charge on any atom is -0.459 e. The highest BCUT2D eigenvalue weighted by Gasteiger charge is 2.28. The fourth-order valence-corrected chi connectivity index (χ4v) is 4.43. The lowest BCUT2D eigenvalue weighted by Gasteiger charge is -2.27. The van der Waals surface area contributed by atoms with Gasteiger partial charge < -0.3 is 30.4 Å². The SMILES string of the molecule is COCc1ccc2c(c1C(=O)OC(C)C)Nc1c(ccc3[nH]c4c(c13)CCNC4)N2. The first-order chi connectivity index (χ1) is 14.6. The van der Waals surface area contributed by atoms with Crippen LogP contribution in [0.3, 0.4) is 0 Å². The molecule has 30 heavy (non-hydrogen) atoms. The Bertz CT molecular complexity index is 1150. The van der Waals surface area contributed by atoms with Gasteiger partial charge in [0, 0.05) is 30.3 Å². The number of nitrogens with one attached hydrogen (secondary N) is 4. The van der Waals surface area contributed by atoms with Crippen LogP contribution in [0.4, 0.5) is 22.7 Å². The summed E-state index contributed by atoms with van der Waals surface area (Å²) in [5, 5.41) is 11.7. The Morgan fingerprint density at radius 3 is 2.70 bits per heavy atom. The Morgan fingerprint density at radius 2 is 1.90 bits per heavy atom. The number of methoxy groups -OCH3 is 1. The number of ether oxygens (including phenoxy) is 2. The normalized spacial score (nSPS) is 14.5. The zero-order valence-corrected chi connectivity index (χ0v) is 17.4. The summed E-state index contributed by atoms with van der Waals surface area (Å²) in [7, 11) is 1.63. The van der Waals surface area contributed by atoms with E-state index in [4.69, 9.17) is 9.47 Å². The van der Waals surface area contributed by atoms with Crippen LogP contribution in [0.2, 0.25) is 0 Å². The number of aromatic nitrogens is 1. The fraction of sp³-hybridized carbons (Fsp3) is 0.348. The van der Waals surface area contributed by atoms with Crippen molar-refractivity contribution in [2.45, 2.75) is 39.5 Å². The van der Waals surface area contributed by atoms with E-state index in [0.29, 0.717) is 12.2 Å². The van der Waals surface area contributed by atoms with Gasteiger partial charge in [-0.3, -0.25) is 0 Å².